The maximum Gasteiger partial charge on any atom is 0.438 e. The van der Waals surface area contributed by atoms with Crippen LogP contribution in [0.2, 0.25) is 0 Å². The Kier molecular flexibility index (Phi) is 5.49. The molecular formula is C11H9F15. The maximum absolute atomic E-state index is 13.5. The van der Waals surface area contributed by atoms with Crippen LogP contribution >= 0.6 is 0 Å². The molecule has 0 nitrogen and oxygen atoms in total. The fraction of sp³-hybridized carbons (Fsp3) is 1.00. The first-order valence-electron chi connectivity index (χ1n) is 6.08. The molecule has 0 saturated carbocycles. The number of halogens is 15. The summed E-state index contributed by atoms with van der Waals surface area (Å²) < 4.78 is 193. The lowest BCUT2D eigenvalue weighted by Crippen LogP contribution is -2.76. The van der Waals surface area contributed by atoms with Crippen molar-refractivity contribution in [2.45, 2.75) is 62.5 Å². The fourth-order valence-corrected chi connectivity index (χ4v) is 1.60. The van der Waals surface area contributed by atoms with Crippen LogP contribution in [0.3, 0.4) is 0 Å². The molecular weight excluding hydrogens is 417 g/mol. The van der Waals surface area contributed by atoms with Crippen LogP contribution in [0, 0.1) is 5.41 Å². The van der Waals surface area contributed by atoms with Crippen LogP contribution < -0.4 is 0 Å². The van der Waals surface area contributed by atoms with Gasteiger partial charge in [0.05, 0.1) is 0 Å². The van der Waals surface area contributed by atoms with Crippen molar-refractivity contribution in [3.05, 3.63) is 0 Å². The highest BCUT2D eigenvalue weighted by atomic mass is 19.4. The van der Waals surface area contributed by atoms with Gasteiger partial charge < -0.3 is 0 Å². The second-order valence-corrected chi connectivity index (χ2v) is 6.20. The molecule has 0 aromatic rings. The molecule has 0 aromatic carbocycles. The van der Waals surface area contributed by atoms with Crippen molar-refractivity contribution in [2.24, 2.45) is 5.41 Å². The Morgan fingerprint density at radius 1 is 0.346 bits per heavy atom. The highest BCUT2D eigenvalue weighted by Crippen LogP contribution is 2.65. The maximum atomic E-state index is 13.5. The van der Waals surface area contributed by atoms with Crippen LogP contribution in [0.5, 0.6) is 0 Å². The summed E-state index contributed by atoms with van der Waals surface area (Å²) in [6.45, 7) is 0.183. The highest BCUT2D eigenvalue weighted by molar-refractivity contribution is 5.17. The van der Waals surface area contributed by atoms with E-state index in [9.17, 15) is 65.9 Å². The largest absolute Gasteiger partial charge is 0.438 e. The molecule has 26 heavy (non-hydrogen) atoms. The zero-order valence-electron chi connectivity index (χ0n) is 12.7. The van der Waals surface area contributed by atoms with Crippen molar-refractivity contribution in [3.63, 3.8) is 0 Å². The van der Waals surface area contributed by atoms with Crippen LogP contribution in [-0.2, 0) is 0 Å². The van der Waals surface area contributed by atoms with Crippen LogP contribution in [0.15, 0.2) is 0 Å². The van der Waals surface area contributed by atoms with Gasteiger partial charge in [-0.3, -0.25) is 0 Å². The molecule has 0 spiro atoms. The highest BCUT2D eigenvalue weighted by Gasteiger charge is 2.96. The lowest BCUT2D eigenvalue weighted by molar-refractivity contribution is -0.461. The van der Waals surface area contributed by atoms with E-state index in [2.05, 4.69) is 0 Å². The molecule has 0 amide bonds. The average Bonchev–Trinajstić information content (AvgIpc) is 2.32. The molecule has 0 fully saturated rings. The quantitative estimate of drug-likeness (QED) is 0.456. The minimum absolute atomic E-state index is 0.0609. The smallest absolute Gasteiger partial charge is 0.216 e. The molecule has 0 bridgehead atoms. The summed E-state index contributed by atoms with van der Waals surface area (Å²) in [5, 5.41) is 0. The van der Waals surface area contributed by atoms with E-state index in [1.54, 1.807) is 0 Å². The number of hydrogen-bond donors (Lipinski definition) is 0. The normalized spacial score (nSPS) is 16.8. The van der Waals surface area contributed by atoms with E-state index in [0.29, 0.717) is 0 Å². The van der Waals surface area contributed by atoms with Crippen LogP contribution in [0.1, 0.15) is 20.8 Å². The van der Waals surface area contributed by atoms with Crippen molar-refractivity contribution >= 4 is 0 Å². The summed E-state index contributed by atoms with van der Waals surface area (Å²) in [5.41, 5.74) is -11.6. The van der Waals surface area contributed by atoms with E-state index in [-0.39, 0.29) is 20.8 Å². The van der Waals surface area contributed by atoms with E-state index in [1.807, 2.05) is 0 Å². The van der Waals surface area contributed by atoms with E-state index < -0.39 is 47.1 Å². The minimum Gasteiger partial charge on any atom is -0.216 e. The predicted octanol–water partition coefficient (Wildman–Crippen LogP) is 6.41. The van der Waals surface area contributed by atoms with Crippen LogP contribution in [-0.4, -0.2) is 41.7 Å². The van der Waals surface area contributed by atoms with Gasteiger partial charge >= 0.3 is 41.7 Å². The molecule has 0 aliphatic heterocycles. The summed E-state index contributed by atoms with van der Waals surface area (Å²) >= 11 is 0. The first kappa shape index (κ1) is 24.9. The molecule has 0 radical (unpaired) electrons. The summed E-state index contributed by atoms with van der Waals surface area (Å²) in [6, 6.07) is 0. The molecule has 0 rings (SSSR count). The minimum atomic E-state index is -8.35. The van der Waals surface area contributed by atoms with Crippen molar-refractivity contribution in [1.29, 1.82) is 0 Å². The molecule has 0 heterocycles. The van der Waals surface area contributed by atoms with Crippen molar-refractivity contribution in [1.82, 2.24) is 0 Å². The van der Waals surface area contributed by atoms with Gasteiger partial charge in [0.25, 0.3) is 0 Å². The molecule has 158 valence electrons. The lowest BCUT2D eigenvalue weighted by atomic mass is 9.78. The van der Waals surface area contributed by atoms with Gasteiger partial charge in [-0.25, -0.2) is 4.39 Å². The SMILES string of the molecule is CC(C)(C)C(F)(F)C(F)(F)C(F)(F)C(F)(F)C(F)(C(F)(F)F)C(F)(F)F. The first-order chi connectivity index (χ1) is 10.8. The van der Waals surface area contributed by atoms with E-state index >= 15 is 0 Å². The Hall–Kier alpha value is -1.05. The molecule has 15 heteroatoms. The molecule has 0 aromatic heterocycles. The molecule has 0 atom stereocenters. The Morgan fingerprint density at radius 3 is 0.769 bits per heavy atom. The molecule has 0 aliphatic carbocycles. The van der Waals surface area contributed by atoms with Gasteiger partial charge in [-0.2, -0.15) is 61.5 Å². The summed E-state index contributed by atoms with van der Waals surface area (Å²) in [5.74, 6) is -30.2. The Labute approximate surface area is 135 Å². The second kappa shape index (κ2) is 5.72. The molecule has 0 unspecified atom stereocenters. The Bertz CT molecular complexity index is 501. The van der Waals surface area contributed by atoms with Crippen LogP contribution in [0.25, 0.3) is 0 Å². The van der Waals surface area contributed by atoms with Crippen molar-refractivity contribution in [2.75, 3.05) is 0 Å². The van der Waals surface area contributed by atoms with Gasteiger partial charge in [-0.05, 0) is 0 Å². The van der Waals surface area contributed by atoms with Gasteiger partial charge in [0.2, 0.25) is 0 Å². The lowest BCUT2D eigenvalue weighted by Gasteiger charge is -2.45. The van der Waals surface area contributed by atoms with Gasteiger partial charge in [-0.1, -0.05) is 20.8 Å². The average molecular weight is 426 g/mol. The van der Waals surface area contributed by atoms with Gasteiger partial charge in [0.15, 0.2) is 0 Å². The third-order valence-electron chi connectivity index (χ3n) is 3.34. The Balaban J connectivity index is 6.86. The number of rotatable bonds is 4. The monoisotopic (exact) mass is 426 g/mol. The predicted molar refractivity (Wildman–Crippen MR) is 55.2 cm³/mol. The summed E-state index contributed by atoms with van der Waals surface area (Å²) in [4.78, 5) is 0. The standard InChI is InChI=1S/C11H9F15/c1-4(2,3)6(13,14)8(17,18)9(19,20)7(15,16)5(12,10(21,22)23)11(24,25)26/h1-3H3. The van der Waals surface area contributed by atoms with Crippen LogP contribution in [0.4, 0.5) is 65.9 Å². The molecule has 0 N–H and O–H groups in total. The van der Waals surface area contributed by atoms with Crippen molar-refractivity contribution in [3.8, 4) is 0 Å². The zero-order valence-corrected chi connectivity index (χ0v) is 12.7. The Morgan fingerprint density at radius 2 is 0.577 bits per heavy atom. The third-order valence-corrected chi connectivity index (χ3v) is 3.34. The summed E-state index contributed by atoms with van der Waals surface area (Å²) in [6.07, 6.45) is -15.8. The number of alkyl halides is 15. The third kappa shape index (κ3) is 2.88. The van der Waals surface area contributed by atoms with Crippen molar-refractivity contribution < 1.29 is 65.9 Å². The fourth-order valence-electron chi connectivity index (χ4n) is 1.60. The van der Waals surface area contributed by atoms with E-state index in [0.717, 1.165) is 0 Å². The molecule has 0 saturated heterocycles. The summed E-state index contributed by atoms with van der Waals surface area (Å²) in [7, 11) is 0. The van der Waals surface area contributed by atoms with E-state index in [4.69, 9.17) is 0 Å². The van der Waals surface area contributed by atoms with Gasteiger partial charge in [-0.15, -0.1) is 0 Å². The second-order valence-electron chi connectivity index (χ2n) is 6.20. The zero-order chi connectivity index (χ0) is 22.0. The number of hydrogen-bond acceptors (Lipinski definition) is 0. The molecule has 0 aliphatic rings. The first-order valence-corrected chi connectivity index (χ1v) is 6.08. The topological polar surface area (TPSA) is 0 Å². The van der Waals surface area contributed by atoms with Gasteiger partial charge in [0, 0.05) is 5.41 Å². The van der Waals surface area contributed by atoms with Gasteiger partial charge in [0.1, 0.15) is 0 Å². The van der Waals surface area contributed by atoms with E-state index in [1.165, 1.54) is 0 Å².